The van der Waals surface area contributed by atoms with Gasteiger partial charge in [0.1, 0.15) is 5.75 Å². The molecule has 0 radical (unpaired) electrons. The maximum absolute atomic E-state index is 13.2. The van der Waals surface area contributed by atoms with Gasteiger partial charge in [-0.25, -0.2) is 9.78 Å². The minimum Gasteiger partial charge on any atom is -0.482 e. The van der Waals surface area contributed by atoms with Gasteiger partial charge < -0.3 is 24.3 Å². The zero-order chi connectivity index (χ0) is 27.7. The third-order valence-corrected chi connectivity index (χ3v) is 6.54. The molecule has 0 aliphatic rings. The lowest BCUT2D eigenvalue weighted by Crippen LogP contribution is -2.29. The molecular formula is C30H36N2O6. The fourth-order valence-electron chi connectivity index (χ4n) is 4.11. The van der Waals surface area contributed by atoms with Gasteiger partial charge >= 0.3 is 5.97 Å². The SMILES string of the molecule is COCOc1ccc(Cc2c(C)cc(OCC(=O)OC)c(C)c2C)nc1C(=O)NC[C@H](C)c1ccccc1. The van der Waals surface area contributed by atoms with Crippen molar-refractivity contribution in [3.63, 3.8) is 0 Å². The molecule has 202 valence electrons. The Kier molecular flexibility index (Phi) is 10.2. The predicted molar refractivity (Wildman–Crippen MR) is 145 cm³/mol. The van der Waals surface area contributed by atoms with E-state index in [2.05, 4.69) is 17.0 Å². The van der Waals surface area contributed by atoms with E-state index in [1.807, 2.05) is 63.2 Å². The maximum atomic E-state index is 13.2. The number of amides is 1. The number of hydrogen-bond donors (Lipinski definition) is 1. The van der Waals surface area contributed by atoms with E-state index in [9.17, 15) is 9.59 Å². The van der Waals surface area contributed by atoms with Crippen molar-refractivity contribution < 1.29 is 28.5 Å². The lowest BCUT2D eigenvalue weighted by molar-refractivity contribution is -0.142. The van der Waals surface area contributed by atoms with Gasteiger partial charge in [-0.1, -0.05) is 37.3 Å². The highest BCUT2D eigenvalue weighted by atomic mass is 16.7. The number of methoxy groups -OCH3 is 2. The summed E-state index contributed by atoms with van der Waals surface area (Å²) in [6, 6.07) is 15.5. The summed E-state index contributed by atoms with van der Waals surface area (Å²) in [5.74, 6) is 0.388. The number of carbonyl (C=O) groups is 2. The standard InChI is InChI=1S/C30H36N2O6/c1-19-14-27(37-17-28(33)36-6)22(4)21(3)25(19)15-24-12-13-26(38-18-35-5)29(32-24)30(34)31-16-20(2)23-10-8-7-9-11-23/h7-14,20H,15-18H2,1-6H3,(H,31,34)/t20-/m0/s1. The number of aryl methyl sites for hydroxylation is 1. The summed E-state index contributed by atoms with van der Waals surface area (Å²) in [7, 11) is 2.85. The van der Waals surface area contributed by atoms with Gasteiger partial charge in [0.15, 0.2) is 24.8 Å². The predicted octanol–water partition coefficient (Wildman–Crippen LogP) is 4.67. The summed E-state index contributed by atoms with van der Waals surface area (Å²) in [4.78, 5) is 29.4. The molecule has 1 amide bonds. The Balaban J connectivity index is 1.83. The molecule has 1 heterocycles. The van der Waals surface area contributed by atoms with Crippen molar-refractivity contribution in [2.75, 3.05) is 34.2 Å². The van der Waals surface area contributed by atoms with Crippen molar-refractivity contribution in [3.8, 4) is 11.5 Å². The van der Waals surface area contributed by atoms with E-state index < -0.39 is 5.97 Å². The van der Waals surface area contributed by atoms with Crippen LogP contribution in [0.2, 0.25) is 0 Å². The average molecular weight is 521 g/mol. The van der Waals surface area contributed by atoms with Crippen LogP contribution in [0, 0.1) is 20.8 Å². The molecule has 3 aromatic rings. The third-order valence-electron chi connectivity index (χ3n) is 6.54. The molecule has 0 bridgehead atoms. The molecule has 3 rings (SSSR count). The van der Waals surface area contributed by atoms with Crippen LogP contribution >= 0.6 is 0 Å². The molecule has 1 aromatic heterocycles. The molecule has 0 unspecified atom stereocenters. The van der Waals surface area contributed by atoms with Crippen molar-refractivity contribution in [1.29, 1.82) is 0 Å². The van der Waals surface area contributed by atoms with Crippen molar-refractivity contribution in [3.05, 3.63) is 87.7 Å². The molecule has 2 aromatic carbocycles. The van der Waals surface area contributed by atoms with E-state index in [1.54, 1.807) is 6.07 Å². The second-order valence-corrected chi connectivity index (χ2v) is 9.18. The number of carbonyl (C=O) groups excluding carboxylic acids is 2. The Morgan fingerprint density at radius 2 is 1.68 bits per heavy atom. The van der Waals surface area contributed by atoms with Gasteiger partial charge in [0.25, 0.3) is 5.91 Å². The number of rotatable bonds is 12. The first-order valence-corrected chi connectivity index (χ1v) is 12.5. The molecule has 0 spiro atoms. The molecule has 0 fully saturated rings. The summed E-state index contributed by atoms with van der Waals surface area (Å²) in [5, 5.41) is 3.00. The first-order chi connectivity index (χ1) is 18.2. The van der Waals surface area contributed by atoms with Crippen molar-refractivity contribution in [2.45, 2.75) is 40.0 Å². The van der Waals surface area contributed by atoms with E-state index in [4.69, 9.17) is 19.2 Å². The largest absolute Gasteiger partial charge is 0.482 e. The summed E-state index contributed by atoms with van der Waals surface area (Å²) in [6.45, 7) is 8.33. The summed E-state index contributed by atoms with van der Waals surface area (Å²) in [6.07, 6.45) is 0.515. The molecule has 38 heavy (non-hydrogen) atoms. The van der Waals surface area contributed by atoms with E-state index >= 15 is 0 Å². The van der Waals surface area contributed by atoms with Gasteiger partial charge in [0.05, 0.1) is 7.11 Å². The summed E-state index contributed by atoms with van der Waals surface area (Å²) in [5.41, 5.74) is 6.13. The number of nitrogens with zero attached hydrogens (tertiary/aromatic N) is 1. The molecule has 8 nitrogen and oxygen atoms in total. The molecule has 0 saturated carbocycles. The van der Waals surface area contributed by atoms with E-state index in [0.29, 0.717) is 24.5 Å². The third kappa shape index (κ3) is 7.32. The fraction of sp³-hybridized carbons (Fsp3) is 0.367. The van der Waals surface area contributed by atoms with Gasteiger partial charge in [0.2, 0.25) is 0 Å². The van der Waals surface area contributed by atoms with Crippen molar-refractivity contribution in [2.24, 2.45) is 0 Å². The Morgan fingerprint density at radius 3 is 2.37 bits per heavy atom. The van der Waals surface area contributed by atoms with Crippen LogP contribution in [0.15, 0.2) is 48.5 Å². The van der Waals surface area contributed by atoms with Gasteiger partial charge in [0, 0.05) is 25.8 Å². The zero-order valence-corrected chi connectivity index (χ0v) is 22.9. The molecular weight excluding hydrogens is 484 g/mol. The van der Waals surface area contributed by atoms with Gasteiger partial charge in [-0.2, -0.15) is 0 Å². The van der Waals surface area contributed by atoms with Crippen LogP contribution in [0.1, 0.15) is 56.8 Å². The number of esters is 1. The number of ether oxygens (including phenoxy) is 4. The lowest BCUT2D eigenvalue weighted by atomic mass is 9.94. The van der Waals surface area contributed by atoms with Crippen LogP contribution < -0.4 is 14.8 Å². The van der Waals surface area contributed by atoms with Gasteiger partial charge in [-0.15, -0.1) is 0 Å². The quantitative estimate of drug-likeness (QED) is 0.274. The van der Waals surface area contributed by atoms with Crippen LogP contribution in [-0.2, 0) is 20.7 Å². The lowest BCUT2D eigenvalue weighted by Gasteiger charge is -2.18. The Hall–Kier alpha value is -3.91. The van der Waals surface area contributed by atoms with Crippen LogP contribution in [-0.4, -0.2) is 51.0 Å². The monoisotopic (exact) mass is 520 g/mol. The van der Waals surface area contributed by atoms with Gasteiger partial charge in [-0.3, -0.25) is 4.79 Å². The van der Waals surface area contributed by atoms with Crippen molar-refractivity contribution in [1.82, 2.24) is 10.3 Å². The van der Waals surface area contributed by atoms with Crippen LogP contribution in [0.5, 0.6) is 11.5 Å². The van der Waals surface area contributed by atoms with Crippen LogP contribution in [0.25, 0.3) is 0 Å². The van der Waals surface area contributed by atoms with Crippen LogP contribution in [0.3, 0.4) is 0 Å². The van der Waals surface area contributed by atoms with E-state index in [0.717, 1.165) is 33.5 Å². The second kappa shape index (κ2) is 13.6. The summed E-state index contributed by atoms with van der Waals surface area (Å²) < 4.78 is 21.0. The average Bonchev–Trinajstić information content (AvgIpc) is 2.94. The van der Waals surface area contributed by atoms with Crippen LogP contribution in [0.4, 0.5) is 0 Å². The molecule has 0 aliphatic heterocycles. The molecule has 1 N–H and O–H groups in total. The molecule has 0 saturated heterocycles. The highest BCUT2D eigenvalue weighted by Gasteiger charge is 2.19. The first kappa shape index (κ1) is 28.7. The number of hydrogen-bond acceptors (Lipinski definition) is 7. The fourth-order valence-corrected chi connectivity index (χ4v) is 4.11. The number of benzene rings is 2. The normalized spacial score (nSPS) is 11.5. The Bertz CT molecular complexity index is 1260. The van der Waals surface area contributed by atoms with E-state index in [-0.39, 0.29) is 30.9 Å². The Labute approximate surface area is 224 Å². The first-order valence-electron chi connectivity index (χ1n) is 12.5. The van der Waals surface area contributed by atoms with Gasteiger partial charge in [-0.05, 0) is 72.7 Å². The minimum atomic E-state index is -0.437. The summed E-state index contributed by atoms with van der Waals surface area (Å²) >= 11 is 0. The number of nitrogens with one attached hydrogen (secondary N) is 1. The number of aromatic nitrogens is 1. The zero-order valence-electron chi connectivity index (χ0n) is 22.9. The van der Waals surface area contributed by atoms with E-state index in [1.165, 1.54) is 14.2 Å². The Morgan fingerprint density at radius 1 is 0.947 bits per heavy atom. The minimum absolute atomic E-state index is 0.00612. The number of pyridine rings is 1. The molecule has 8 heteroatoms. The highest BCUT2D eigenvalue weighted by Crippen LogP contribution is 2.30. The highest BCUT2D eigenvalue weighted by molar-refractivity contribution is 5.95. The maximum Gasteiger partial charge on any atom is 0.343 e. The molecule has 1 atom stereocenters. The second-order valence-electron chi connectivity index (χ2n) is 9.18. The topological polar surface area (TPSA) is 96.0 Å². The molecule has 0 aliphatic carbocycles. The van der Waals surface area contributed by atoms with Crippen molar-refractivity contribution >= 4 is 11.9 Å². The smallest absolute Gasteiger partial charge is 0.343 e.